The van der Waals surface area contributed by atoms with E-state index in [1.165, 1.54) is 7.05 Å². The third-order valence-electron chi connectivity index (χ3n) is 0.0845. The number of aliphatic hydroxyl groups is 1. The molecule has 0 atom stereocenters. The summed E-state index contributed by atoms with van der Waals surface area (Å²) >= 11 is 4.94. The van der Waals surface area contributed by atoms with Crippen LogP contribution in [0, 0.1) is 0 Å². The van der Waals surface area contributed by atoms with Crippen LogP contribution in [0.3, 0.4) is 0 Å². The van der Waals surface area contributed by atoms with Gasteiger partial charge in [-0.1, -0.05) is 0 Å². The molecule has 0 fully saturated rings. The van der Waals surface area contributed by atoms with Gasteiger partial charge in [0.25, 0.3) is 0 Å². The predicted octanol–water partition coefficient (Wildman–Crippen LogP) is -0.208. The maximum atomic E-state index is 7.74. The minimum Gasteiger partial charge on any atom is -0.395 e. The van der Waals surface area contributed by atoms with Gasteiger partial charge in [-0.25, -0.2) is 0 Å². The normalized spacial score (nSPS) is 6.00. The van der Waals surface area contributed by atoms with Crippen LogP contribution in [0.4, 0.5) is 0 Å². The lowest BCUT2D eigenvalue weighted by Crippen LogP contribution is -1.76. The quantitative estimate of drug-likeness (QED) is 0.460. The van der Waals surface area contributed by atoms with Crippen molar-refractivity contribution in [2.24, 2.45) is 5.73 Å². The molecule has 0 aromatic rings. The van der Waals surface area contributed by atoms with Crippen molar-refractivity contribution in [3.63, 3.8) is 0 Å². The summed E-state index contributed by atoms with van der Waals surface area (Å²) in [6.45, 7) is 0.0849. The van der Waals surface area contributed by atoms with Crippen molar-refractivity contribution in [1.82, 2.24) is 0 Å². The Kier molecular flexibility index (Phi) is 30.0. The van der Waals surface area contributed by atoms with Crippen molar-refractivity contribution in [2.75, 3.05) is 19.5 Å². The summed E-state index contributed by atoms with van der Waals surface area (Å²) in [5.74, 6) is 0.347. The number of halogens is 1. The first-order valence-electron chi connectivity index (χ1n) is 1.66. The van der Waals surface area contributed by atoms with Crippen LogP contribution in [0.5, 0.6) is 0 Å². The fourth-order valence-corrected chi connectivity index (χ4v) is 0. The lowest BCUT2D eigenvalue weighted by atomic mass is 10.9. The van der Waals surface area contributed by atoms with E-state index in [2.05, 4.69) is 5.73 Å². The van der Waals surface area contributed by atoms with Gasteiger partial charge in [-0.2, -0.15) is 0 Å². The van der Waals surface area contributed by atoms with Gasteiger partial charge >= 0.3 is 0 Å². The molecule has 6 heavy (non-hydrogen) atoms. The minimum absolute atomic E-state index is 0.0849. The number of hydrogen-bond donors (Lipinski definition) is 2. The van der Waals surface area contributed by atoms with E-state index in [1.807, 2.05) is 0 Å². The maximum absolute atomic E-state index is 7.74. The van der Waals surface area contributed by atoms with Crippen molar-refractivity contribution in [2.45, 2.75) is 0 Å². The summed E-state index contributed by atoms with van der Waals surface area (Å²) < 4.78 is 0. The van der Waals surface area contributed by atoms with E-state index >= 15 is 0 Å². The van der Waals surface area contributed by atoms with Crippen molar-refractivity contribution >= 4 is 11.6 Å². The van der Waals surface area contributed by atoms with Crippen LogP contribution < -0.4 is 5.73 Å². The zero-order valence-corrected chi connectivity index (χ0v) is 4.57. The molecule has 0 heterocycles. The maximum Gasteiger partial charge on any atom is 0.0566 e. The van der Waals surface area contributed by atoms with E-state index in [4.69, 9.17) is 16.7 Å². The van der Waals surface area contributed by atoms with E-state index in [1.54, 1.807) is 0 Å². The first-order chi connectivity index (χ1) is 2.91. The van der Waals surface area contributed by atoms with Gasteiger partial charge in [0, 0.05) is 5.88 Å². The summed E-state index contributed by atoms with van der Waals surface area (Å²) in [6, 6.07) is 0. The van der Waals surface area contributed by atoms with E-state index in [0.29, 0.717) is 5.88 Å². The minimum atomic E-state index is 0.0849. The van der Waals surface area contributed by atoms with Crippen LogP contribution in [0.1, 0.15) is 0 Å². The van der Waals surface area contributed by atoms with Gasteiger partial charge in [-0.05, 0) is 7.05 Å². The molecular formula is C3H10ClNO. The third kappa shape index (κ3) is 29.6. The smallest absolute Gasteiger partial charge is 0.0566 e. The molecule has 0 aliphatic carbocycles. The summed E-state index contributed by atoms with van der Waals surface area (Å²) in [5.41, 5.74) is 4.50. The molecule has 40 valence electrons. The largest absolute Gasteiger partial charge is 0.395 e. The fourth-order valence-electron chi connectivity index (χ4n) is 0. The van der Waals surface area contributed by atoms with Gasteiger partial charge in [0.2, 0.25) is 0 Å². The third-order valence-corrected chi connectivity index (χ3v) is 0.254. The molecular weight excluding hydrogens is 101 g/mol. The molecule has 0 aromatic carbocycles. The Hall–Kier alpha value is 0.210. The molecule has 0 spiro atoms. The van der Waals surface area contributed by atoms with Gasteiger partial charge < -0.3 is 10.8 Å². The number of nitrogens with two attached hydrogens (primary N) is 1. The van der Waals surface area contributed by atoms with Crippen LogP contribution >= 0.6 is 11.6 Å². The highest BCUT2D eigenvalue weighted by atomic mass is 35.5. The fraction of sp³-hybridized carbons (Fsp3) is 1.00. The molecule has 0 aromatic heterocycles. The van der Waals surface area contributed by atoms with Gasteiger partial charge in [-0.3, -0.25) is 0 Å². The molecule has 0 rings (SSSR count). The van der Waals surface area contributed by atoms with Crippen LogP contribution in [0.2, 0.25) is 0 Å². The van der Waals surface area contributed by atoms with Crippen LogP contribution in [0.15, 0.2) is 0 Å². The molecule has 0 aliphatic heterocycles. The highest BCUT2D eigenvalue weighted by Crippen LogP contribution is 1.63. The number of hydrogen-bond acceptors (Lipinski definition) is 2. The SMILES string of the molecule is CN.OCCCl. The highest BCUT2D eigenvalue weighted by molar-refractivity contribution is 6.17. The van der Waals surface area contributed by atoms with Crippen LogP contribution in [0.25, 0.3) is 0 Å². The molecule has 0 bridgehead atoms. The van der Waals surface area contributed by atoms with E-state index in [-0.39, 0.29) is 6.61 Å². The predicted molar refractivity (Wildman–Crippen MR) is 27.9 cm³/mol. The van der Waals surface area contributed by atoms with E-state index < -0.39 is 0 Å². The molecule has 3 heteroatoms. The molecule has 0 radical (unpaired) electrons. The summed E-state index contributed by atoms with van der Waals surface area (Å²) in [6.07, 6.45) is 0. The lowest BCUT2D eigenvalue weighted by Gasteiger charge is -1.67. The standard InChI is InChI=1S/C2H5ClO.CH5N/c3-1-2-4;1-2/h4H,1-2H2;2H2,1H3. The van der Waals surface area contributed by atoms with Gasteiger partial charge in [0.05, 0.1) is 6.61 Å². The first kappa shape index (κ1) is 9.51. The molecule has 3 N–H and O–H groups in total. The summed E-state index contributed by atoms with van der Waals surface area (Å²) in [5, 5.41) is 7.74. The molecule has 0 saturated carbocycles. The van der Waals surface area contributed by atoms with Gasteiger partial charge in [0.1, 0.15) is 0 Å². The van der Waals surface area contributed by atoms with Crippen LogP contribution in [-0.2, 0) is 0 Å². The van der Waals surface area contributed by atoms with E-state index in [0.717, 1.165) is 0 Å². The van der Waals surface area contributed by atoms with Gasteiger partial charge in [-0.15, -0.1) is 11.6 Å². The Morgan fingerprint density at radius 1 is 1.67 bits per heavy atom. The second-order valence-electron chi connectivity index (χ2n) is 0.413. The Morgan fingerprint density at radius 2 is 1.83 bits per heavy atom. The number of alkyl halides is 1. The van der Waals surface area contributed by atoms with Crippen molar-refractivity contribution in [3.05, 3.63) is 0 Å². The molecule has 0 amide bonds. The van der Waals surface area contributed by atoms with E-state index in [9.17, 15) is 0 Å². The van der Waals surface area contributed by atoms with Crippen molar-refractivity contribution in [1.29, 1.82) is 0 Å². The number of aliphatic hydroxyl groups excluding tert-OH is 1. The second kappa shape index (κ2) is 18.9. The van der Waals surface area contributed by atoms with Crippen molar-refractivity contribution in [3.8, 4) is 0 Å². The average Bonchev–Trinajstić information content (AvgIpc) is 1.72. The zero-order valence-electron chi connectivity index (χ0n) is 3.82. The Balaban J connectivity index is 0. The topological polar surface area (TPSA) is 46.2 Å². The highest BCUT2D eigenvalue weighted by Gasteiger charge is 1.60. The Labute approximate surface area is 42.9 Å². The monoisotopic (exact) mass is 111 g/mol. The van der Waals surface area contributed by atoms with Gasteiger partial charge in [0.15, 0.2) is 0 Å². The number of rotatable bonds is 1. The molecule has 0 unspecified atom stereocenters. The summed E-state index contributed by atoms with van der Waals surface area (Å²) in [4.78, 5) is 0. The van der Waals surface area contributed by atoms with Crippen LogP contribution in [-0.4, -0.2) is 24.6 Å². The van der Waals surface area contributed by atoms with Crippen molar-refractivity contribution < 1.29 is 5.11 Å². The zero-order chi connectivity index (χ0) is 5.41. The molecule has 0 aliphatic rings. The summed E-state index contributed by atoms with van der Waals surface area (Å²) in [7, 11) is 1.50. The molecule has 2 nitrogen and oxygen atoms in total. The second-order valence-corrected chi connectivity index (χ2v) is 0.791. The Morgan fingerprint density at radius 3 is 1.83 bits per heavy atom. The Bertz CT molecular complexity index is 12.8. The first-order valence-corrected chi connectivity index (χ1v) is 2.20. The average molecular weight is 112 g/mol. The molecule has 0 saturated heterocycles. The lowest BCUT2D eigenvalue weighted by molar-refractivity contribution is 0.321.